The van der Waals surface area contributed by atoms with Crippen LogP contribution in [0.2, 0.25) is 0 Å². The lowest BCUT2D eigenvalue weighted by Gasteiger charge is -2.29. The van der Waals surface area contributed by atoms with E-state index in [4.69, 9.17) is 0 Å². The summed E-state index contributed by atoms with van der Waals surface area (Å²) in [4.78, 5) is 17.8. The Balaban J connectivity index is 1.75. The van der Waals surface area contributed by atoms with E-state index in [1.807, 2.05) is 0 Å². The van der Waals surface area contributed by atoms with Gasteiger partial charge < -0.3 is 4.90 Å². The molecule has 104 valence electrons. The summed E-state index contributed by atoms with van der Waals surface area (Å²) in [5, 5.41) is 6.38. The molecule has 0 atom stereocenters. The van der Waals surface area contributed by atoms with E-state index in [9.17, 15) is 9.18 Å². The average molecular weight is 339 g/mol. The number of fused-ring (bicyclic) bond motifs is 1. The van der Waals surface area contributed by atoms with Gasteiger partial charge in [-0.25, -0.2) is 9.37 Å². The number of nitrogens with one attached hydrogen (secondary N) is 1. The zero-order valence-corrected chi connectivity index (χ0v) is 12.2. The molecule has 2 aromatic rings. The third-order valence-electron chi connectivity index (χ3n) is 3.39. The van der Waals surface area contributed by atoms with Crippen LogP contribution in [0.1, 0.15) is 17.0 Å². The number of nitrogens with zero attached hydrogens (tertiary/aromatic N) is 3. The van der Waals surface area contributed by atoms with E-state index in [1.54, 1.807) is 11.0 Å². The van der Waals surface area contributed by atoms with Crippen molar-refractivity contribution in [1.82, 2.24) is 20.1 Å². The van der Waals surface area contributed by atoms with Gasteiger partial charge >= 0.3 is 0 Å². The molecule has 7 heteroatoms. The van der Waals surface area contributed by atoms with Crippen LogP contribution in [0.4, 0.5) is 4.39 Å². The molecule has 0 saturated carbocycles. The summed E-state index contributed by atoms with van der Waals surface area (Å²) in [5.41, 5.74) is 1.95. The number of rotatable bonds is 2. The Hall–Kier alpha value is -1.76. The van der Waals surface area contributed by atoms with E-state index >= 15 is 0 Å². The number of amides is 1. The van der Waals surface area contributed by atoms with Crippen LogP contribution in [0.15, 0.2) is 22.9 Å². The first kappa shape index (κ1) is 13.2. The largest absolute Gasteiger partial charge is 0.338 e. The molecule has 1 aromatic carbocycles. The Morgan fingerprint density at radius 2 is 2.30 bits per heavy atom. The Kier molecular flexibility index (Phi) is 3.52. The summed E-state index contributed by atoms with van der Waals surface area (Å²) in [5.74, 6) is 0.215. The molecule has 0 spiro atoms. The minimum absolute atomic E-state index is 0.0317. The van der Waals surface area contributed by atoms with Crippen molar-refractivity contribution in [3.05, 3.63) is 45.7 Å². The third-order valence-corrected chi connectivity index (χ3v) is 4.00. The molecule has 1 aliphatic rings. The Labute approximate surface area is 123 Å². The Morgan fingerprint density at radius 1 is 1.45 bits per heavy atom. The first-order chi connectivity index (χ1) is 9.63. The van der Waals surface area contributed by atoms with Gasteiger partial charge in [-0.05, 0) is 45.6 Å². The standard InChI is InChI=1S/C13H12BrFN4O/c14-10-3-8-1-2-19(6-9(8)4-11(10)15)13(20)5-12-16-7-17-18-12/h3-4,7H,1-2,5-6H2,(H,16,17,18). The molecule has 1 aromatic heterocycles. The minimum atomic E-state index is -0.298. The predicted octanol–water partition coefficient (Wildman–Crippen LogP) is 1.83. The number of carbonyl (C=O) groups excluding carboxylic acids is 1. The number of carbonyl (C=O) groups is 1. The summed E-state index contributed by atoms with van der Waals surface area (Å²) in [6.07, 6.45) is 2.30. The van der Waals surface area contributed by atoms with Gasteiger partial charge in [-0.3, -0.25) is 9.89 Å². The van der Waals surface area contributed by atoms with Crippen molar-refractivity contribution in [2.45, 2.75) is 19.4 Å². The van der Waals surface area contributed by atoms with Gasteiger partial charge in [-0.15, -0.1) is 0 Å². The molecular formula is C13H12BrFN4O. The van der Waals surface area contributed by atoms with E-state index in [0.717, 1.165) is 17.5 Å². The van der Waals surface area contributed by atoms with Crippen LogP contribution in [0.25, 0.3) is 0 Å². The van der Waals surface area contributed by atoms with E-state index in [0.29, 0.717) is 23.4 Å². The quantitative estimate of drug-likeness (QED) is 0.908. The van der Waals surface area contributed by atoms with Gasteiger partial charge in [0.2, 0.25) is 5.91 Å². The maximum atomic E-state index is 13.6. The van der Waals surface area contributed by atoms with Gasteiger partial charge in [0.1, 0.15) is 18.0 Å². The molecule has 0 aliphatic carbocycles. The van der Waals surface area contributed by atoms with Crippen LogP contribution in [-0.4, -0.2) is 32.5 Å². The number of aromatic nitrogens is 3. The monoisotopic (exact) mass is 338 g/mol. The molecule has 1 aliphatic heterocycles. The number of H-pyrrole nitrogens is 1. The summed E-state index contributed by atoms with van der Waals surface area (Å²) < 4.78 is 14.0. The second kappa shape index (κ2) is 5.32. The lowest BCUT2D eigenvalue weighted by Crippen LogP contribution is -2.37. The fourth-order valence-electron chi connectivity index (χ4n) is 2.33. The predicted molar refractivity (Wildman–Crippen MR) is 73.3 cm³/mol. The highest BCUT2D eigenvalue weighted by Gasteiger charge is 2.22. The SMILES string of the molecule is O=C(Cc1ncn[nH]1)N1CCc2cc(Br)c(F)cc2C1. The number of hydrogen-bond acceptors (Lipinski definition) is 3. The van der Waals surface area contributed by atoms with Crippen LogP contribution >= 0.6 is 15.9 Å². The van der Waals surface area contributed by atoms with Gasteiger partial charge in [0.25, 0.3) is 0 Å². The molecule has 1 amide bonds. The van der Waals surface area contributed by atoms with E-state index in [2.05, 4.69) is 31.1 Å². The van der Waals surface area contributed by atoms with Crippen molar-refractivity contribution in [1.29, 1.82) is 0 Å². The van der Waals surface area contributed by atoms with E-state index < -0.39 is 0 Å². The van der Waals surface area contributed by atoms with Gasteiger partial charge in [0.15, 0.2) is 0 Å². The van der Waals surface area contributed by atoms with Crippen LogP contribution in [0, 0.1) is 5.82 Å². The highest BCUT2D eigenvalue weighted by atomic mass is 79.9. The van der Waals surface area contributed by atoms with E-state index in [1.165, 1.54) is 12.4 Å². The van der Waals surface area contributed by atoms with Crippen molar-refractivity contribution in [2.24, 2.45) is 0 Å². The molecular weight excluding hydrogens is 327 g/mol. The van der Waals surface area contributed by atoms with Gasteiger partial charge in [-0.1, -0.05) is 0 Å². The van der Waals surface area contributed by atoms with E-state index in [-0.39, 0.29) is 18.1 Å². The lowest BCUT2D eigenvalue weighted by molar-refractivity contribution is -0.131. The molecule has 0 unspecified atom stereocenters. The normalized spacial score (nSPS) is 14.2. The minimum Gasteiger partial charge on any atom is -0.338 e. The van der Waals surface area contributed by atoms with Crippen molar-refractivity contribution in [3.63, 3.8) is 0 Å². The van der Waals surface area contributed by atoms with Crippen LogP contribution in [0.5, 0.6) is 0 Å². The highest BCUT2D eigenvalue weighted by molar-refractivity contribution is 9.10. The highest BCUT2D eigenvalue weighted by Crippen LogP contribution is 2.25. The molecule has 0 radical (unpaired) electrons. The summed E-state index contributed by atoms with van der Waals surface area (Å²) in [6.45, 7) is 1.07. The summed E-state index contributed by atoms with van der Waals surface area (Å²) in [7, 11) is 0. The number of benzene rings is 1. The lowest BCUT2D eigenvalue weighted by atomic mass is 9.99. The Morgan fingerprint density at radius 3 is 3.05 bits per heavy atom. The molecule has 1 N–H and O–H groups in total. The van der Waals surface area contributed by atoms with Crippen molar-refractivity contribution in [2.75, 3.05) is 6.54 Å². The zero-order valence-electron chi connectivity index (χ0n) is 10.6. The third kappa shape index (κ3) is 2.58. The smallest absolute Gasteiger partial charge is 0.230 e. The fraction of sp³-hybridized carbons (Fsp3) is 0.308. The van der Waals surface area contributed by atoms with Crippen molar-refractivity contribution < 1.29 is 9.18 Å². The summed E-state index contributed by atoms with van der Waals surface area (Å²) in [6, 6.07) is 3.29. The molecule has 2 heterocycles. The average Bonchev–Trinajstić information content (AvgIpc) is 2.92. The molecule has 0 bridgehead atoms. The molecule has 5 nitrogen and oxygen atoms in total. The van der Waals surface area contributed by atoms with Crippen molar-refractivity contribution >= 4 is 21.8 Å². The number of aromatic amines is 1. The topological polar surface area (TPSA) is 61.9 Å². The number of hydrogen-bond donors (Lipinski definition) is 1. The van der Waals surface area contributed by atoms with Crippen LogP contribution in [0.3, 0.4) is 0 Å². The van der Waals surface area contributed by atoms with Crippen molar-refractivity contribution in [3.8, 4) is 0 Å². The maximum Gasteiger partial charge on any atom is 0.230 e. The van der Waals surface area contributed by atoms with Crippen LogP contribution in [-0.2, 0) is 24.2 Å². The zero-order chi connectivity index (χ0) is 14.1. The van der Waals surface area contributed by atoms with Gasteiger partial charge in [-0.2, -0.15) is 5.10 Å². The maximum absolute atomic E-state index is 13.6. The number of halogens is 2. The first-order valence-corrected chi connectivity index (χ1v) is 7.01. The van der Waals surface area contributed by atoms with Gasteiger partial charge in [0, 0.05) is 13.1 Å². The molecule has 20 heavy (non-hydrogen) atoms. The summed E-state index contributed by atoms with van der Waals surface area (Å²) >= 11 is 3.18. The first-order valence-electron chi connectivity index (χ1n) is 6.22. The second-order valence-corrected chi connectivity index (χ2v) is 5.56. The molecule has 0 fully saturated rings. The second-order valence-electron chi connectivity index (χ2n) is 4.71. The van der Waals surface area contributed by atoms with Gasteiger partial charge in [0.05, 0.1) is 10.9 Å². The molecule has 3 rings (SSSR count). The van der Waals surface area contributed by atoms with Crippen LogP contribution < -0.4 is 0 Å². The Bertz CT molecular complexity index is 644. The molecule has 0 saturated heterocycles. The fourth-order valence-corrected chi connectivity index (χ4v) is 2.72.